The number of imidazole rings is 1. The summed E-state index contributed by atoms with van der Waals surface area (Å²) >= 11 is 6.04. The summed E-state index contributed by atoms with van der Waals surface area (Å²) in [6, 6.07) is 15.3. The van der Waals surface area contributed by atoms with Gasteiger partial charge >= 0.3 is 5.69 Å². The SMILES string of the molecule is CC(C)c1c(C(=O)N2CCC(n3c(=O)[nH]c4ccccc43)CC2)cnn1-c1ccc(Cl)cc1. The third-order valence-electron chi connectivity index (χ3n) is 6.40. The van der Waals surface area contributed by atoms with Gasteiger partial charge in [-0.3, -0.25) is 9.36 Å². The molecule has 1 amide bonds. The molecule has 0 saturated carbocycles. The van der Waals surface area contributed by atoms with Crippen LogP contribution in [-0.4, -0.2) is 43.2 Å². The molecule has 0 atom stereocenters. The molecular formula is C25H26ClN5O2. The van der Waals surface area contributed by atoms with E-state index in [-0.39, 0.29) is 23.6 Å². The number of H-pyrrole nitrogens is 1. The number of para-hydroxylation sites is 2. The molecule has 4 aromatic rings. The zero-order valence-corrected chi connectivity index (χ0v) is 19.4. The number of piperidine rings is 1. The van der Waals surface area contributed by atoms with Crippen LogP contribution in [-0.2, 0) is 0 Å². The first-order valence-electron chi connectivity index (χ1n) is 11.3. The molecule has 1 saturated heterocycles. The molecule has 0 radical (unpaired) electrons. The van der Waals surface area contributed by atoms with Crippen molar-refractivity contribution in [2.45, 2.75) is 38.6 Å². The van der Waals surface area contributed by atoms with Gasteiger partial charge in [-0.15, -0.1) is 0 Å². The molecule has 0 spiro atoms. The van der Waals surface area contributed by atoms with Gasteiger partial charge in [0.15, 0.2) is 0 Å². The number of rotatable bonds is 4. The monoisotopic (exact) mass is 463 g/mol. The third kappa shape index (κ3) is 3.86. The van der Waals surface area contributed by atoms with Gasteiger partial charge in [-0.05, 0) is 55.2 Å². The van der Waals surface area contributed by atoms with Crippen molar-refractivity contribution in [3.05, 3.63) is 81.5 Å². The van der Waals surface area contributed by atoms with Crippen LogP contribution in [0.25, 0.3) is 16.7 Å². The van der Waals surface area contributed by atoms with Gasteiger partial charge in [-0.2, -0.15) is 5.10 Å². The normalized spacial score (nSPS) is 15.0. The summed E-state index contributed by atoms with van der Waals surface area (Å²) in [7, 11) is 0. The van der Waals surface area contributed by atoms with E-state index in [1.165, 1.54) is 0 Å². The van der Waals surface area contributed by atoms with E-state index in [1.807, 2.05) is 62.7 Å². The number of fused-ring (bicyclic) bond motifs is 1. The fraction of sp³-hybridized carbons (Fsp3) is 0.320. The van der Waals surface area contributed by atoms with Gasteiger partial charge in [0.25, 0.3) is 5.91 Å². The van der Waals surface area contributed by atoms with Gasteiger partial charge in [0.1, 0.15) is 0 Å². The first-order valence-corrected chi connectivity index (χ1v) is 11.6. The van der Waals surface area contributed by atoms with Crippen molar-refractivity contribution >= 4 is 28.5 Å². The average Bonchev–Trinajstić information content (AvgIpc) is 3.40. The molecule has 1 aliphatic heterocycles. The first kappa shape index (κ1) is 21.5. The number of hydrogen-bond donors (Lipinski definition) is 1. The Kier molecular flexibility index (Phi) is 5.58. The highest BCUT2D eigenvalue weighted by Gasteiger charge is 2.29. The van der Waals surface area contributed by atoms with Crippen LogP contribution in [0.3, 0.4) is 0 Å². The highest BCUT2D eigenvalue weighted by molar-refractivity contribution is 6.30. The smallest absolute Gasteiger partial charge is 0.326 e. The largest absolute Gasteiger partial charge is 0.338 e. The molecule has 2 aromatic heterocycles. The minimum absolute atomic E-state index is 0.0105. The molecule has 7 nitrogen and oxygen atoms in total. The van der Waals surface area contributed by atoms with E-state index in [9.17, 15) is 9.59 Å². The van der Waals surface area contributed by atoms with Crippen molar-refractivity contribution < 1.29 is 4.79 Å². The van der Waals surface area contributed by atoms with Gasteiger partial charge in [0.2, 0.25) is 0 Å². The Morgan fingerprint density at radius 2 is 1.79 bits per heavy atom. The number of aromatic amines is 1. The van der Waals surface area contributed by atoms with Crippen LogP contribution in [0.1, 0.15) is 54.7 Å². The summed E-state index contributed by atoms with van der Waals surface area (Å²) in [6.45, 7) is 5.32. The molecule has 2 aromatic carbocycles. The van der Waals surface area contributed by atoms with E-state index in [4.69, 9.17) is 11.6 Å². The van der Waals surface area contributed by atoms with Crippen molar-refractivity contribution in [2.75, 3.05) is 13.1 Å². The molecule has 8 heteroatoms. The first-order chi connectivity index (χ1) is 15.9. The van der Waals surface area contributed by atoms with Crippen molar-refractivity contribution in [3.63, 3.8) is 0 Å². The van der Waals surface area contributed by atoms with Crippen LogP contribution in [0, 0.1) is 0 Å². The van der Waals surface area contributed by atoms with Crippen LogP contribution < -0.4 is 5.69 Å². The molecule has 1 aliphatic rings. The van der Waals surface area contributed by atoms with Crippen LogP contribution >= 0.6 is 11.6 Å². The van der Waals surface area contributed by atoms with E-state index in [1.54, 1.807) is 6.20 Å². The second-order valence-electron chi connectivity index (χ2n) is 8.83. The number of benzene rings is 2. The summed E-state index contributed by atoms with van der Waals surface area (Å²) in [5, 5.41) is 5.19. The van der Waals surface area contributed by atoms with Crippen LogP contribution in [0.2, 0.25) is 5.02 Å². The lowest BCUT2D eigenvalue weighted by molar-refractivity contribution is 0.0693. The summed E-state index contributed by atoms with van der Waals surface area (Å²) in [6.07, 6.45) is 3.13. The van der Waals surface area contributed by atoms with Gasteiger partial charge in [0.05, 0.1) is 34.2 Å². The zero-order chi connectivity index (χ0) is 23.1. The Bertz CT molecular complexity index is 1360. The number of aromatic nitrogens is 4. The second kappa shape index (κ2) is 8.56. The number of carbonyl (C=O) groups is 1. The lowest BCUT2D eigenvalue weighted by Gasteiger charge is -2.32. The summed E-state index contributed by atoms with van der Waals surface area (Å²) < 4.78 is 3.67. The molecule has 170 valence electrons. The number of hydrogen-bond acceptors (Lipinski definition) is 3. The summed E-state index contributed by atoms with van der Waals surface area (Å²) in [4.78, 5) is 30.8. The Morgan fingerprint density at radius 1 is 1.09 bits per heavy atom. The van der Waals surface area contributed by atoms with Crippen molar-refractivity contribution in [1.29, 1.82) is 0 Å². The molecule has 5 rings (SSSR count). The predicted molar refractivity (Wildman–Crippen MR) is 129 cm³/mol. The topological polar surface area (TPSA) is 75.9 Å². The maximum absolute atomic E-state index is 13.5. The average molecular weight is 464 g/mol. The van der Waals surface area contributed by atoms with Gasteiger partial charge in [-0.25, -0.2) is 9.48 Å². The maximum Gasteiger partial charge on any atom is 0.326 e. The molecule has 1 fully saturated rings. The zero-order valence-electron chi connectivity index (χ0n) is 18.7. The highest BCUT2D eigenvalue weighted by Crippen LogP contribution is 2.29. The quantitative estimate of drug-likeness (QED) is 0.473. The fourth-order valence-corrected chi connectivity index (χ4v) is 4.93. The molecule has 1 N–H and O–H groups in total. The minimum Gasteiger partial charge on any atom is -0.338 e. The molecule has 0 bridgehead atoms. The standard InChI is InChI=1S/C25H26ClN5O2/c1-16(2)23-20(15-27-31(23)19-9-7-17(26)8-10-19)24(32)29-13-11-18(12-14-29)30-22-6-4-3-5-21(22)28-25(30)33/h3-10,15-16,18H,11-14H2,1-2H3,(H,28,33). The lowest BCUT2D eigenvalue weighted by atomic mass is 10.0. The van der Waals surface area contributed by atoms with E-state index in [0.717, 1.165) is 35.3 Å². The molecule has 3 heterocycles. The van der Waals surface area contributed by atoms with E-state index < -0.39 is 0 Å². The number of likely N-dealkylation sites (tertiary alicyclic amines) is 1. The predicted octanol–water partition coefficient (Wildman–Crippen LogP) is 4.77. The number of amides is 1. The number of carbonyl (C=O) groups excluding carboxylic acids is 1. The highest BCUT2D eigenvalue weighted by atomic mass is 35.5. The van der Waals surface area contributed by atoms with Crippen molar-refractivity contribution in [3.8, 4) is 5.69 Å². The Balaban J connectivity index is 1.37. The fourth-order valence-electron chi connectivity index (χ4n) is 4.80. The molecule has 0 unspecified atom stereocenters. The summed E-state index contributed by atoms with van der Waals surface area (Å²) in [5.74, 6) is 0.105. The lowest BCUT2D eigenvalue weighted by Crippen LogP contribution is -2.40. The summed E-state index contributed by atoms with van der Waals surface area (Å²) in [5.41, 5.74) is 4.06. The molecular weight excluding hydrogens is 438 g/mol. The third-order valence-corrected chi connectivity index (χ3v) is 6.65. The van der Waals surface area contributed by atoms with E-state index >= 15 is 0 Å². The van der Waals surface area contributed by atoms with Crippen molar-refractivity contribution in [1.82, 2.24) is 24.2 Å². The Labute approximate surface area is 196 Å². The van der Waals surface area contributed by atoms with Crippen LogP contribution in [0.15, 0.2) is 59.5 Å². The molecule has 0 aliphatic carbocycles. The Hall–Kier alpha value is -3.32. The van der Waals surface area contributed by atoms with Gasteiger partial charge < -0.3 is 9.88 Å². The van der Waals surface area contributed by atoms with Crippen LogP contribution in [0.5, 0.6) is 0 Å². The van der Waals surface area contributed by atoms with E-state index in [2.05, 4.69) is 23.9 Å². The number of halogens is 1. The minimum atomic E-state index is -0.0905. The molecule has 33 heavy (non-hydrogen) atoms. The second-order valence-corrected chi connectivity index (χ2v) is 9.26. The van der Waals surface area contributed by atoms with Gasteiger partial charge in [-0.1, -0.05) is 37.6 Å². The van der Waals surface area contributed by atoms with Crippen LogP contribution in [0.4, 0.5) is 0 Å². The van der Waals surface area contributed by atoms with Gasteiger partial charge in [0, 0.05) is 24.2 Å². The number of nitrogens with zero attached hydrogens (tertiary/aromatic N) is 4. The number of nitrogens with one attached hydrogen (secondary N) is 1. The Morgan fingerprint density at radius 3 is 2.48 bits per heavy atom. The maximum atomic E-state index is 13.5. The van der Waals surface area contributed by atoms with E-state index in [0.29, 0.717) is 23.7 Å². The van der Waals surface area contributed by atoms with Crippen molar-refractivity contribution in [2.24, 2.45) is 0 Å².